The Labute approximate surface area is 158 Å². The number of hydrogen-bond donors (Lipinski definition) is 1. The van der Waals surface area contributed by atoms with E-state index in [-0.39, 0.29) is 5.91 Å². The number of hydrogen-bond acceptors (Lipinski definition) is 1. The van der Waals surface area contributed by atoms with Crippen molar-refractivity contribution >= 4 is 5.91 Å². The van der Waals surface area contributed by atoms with Crippen LogP contribution >= 0.6 is 0 Å². The molecule has 3 heteroatoms. The normalized spacial score (nSPS) is 10.6. The van der Waals surface area contributed by atoms with Gasteiger partial charge in [0.15, 0.2) is 0 Å². The van der Waals surface area contributed by atoms with Crippen molar-refractivity contribution in [1.29, 1.82) is 0 Å². The van der Waals surface area contributed by atoms with Crippen LogP contribution in [0.5, 0.6) is 0 Å². The average molecular weight is 352 g/mol. The molecule has 0 atom stereocenters. The van der Waals surface area contributed by atoms with Crippen molar-refractivity contribution in [3.8, 4) is 22.5 Å². The standard InChI is InChI=1S/C24H20N2O/c1-18-10-8-9-15-21(18)24(27)25-26-22(19-11-4-2-5-12-19)16-17-23(26)20-13-6-3-7-14-20/h2-17H,1H3,(H,25,27). The molecule has 4 aromatic rings. The smallest absolute Gasteiger partial charge is 0.267 e. The first kappa shape index (κ1) is 16.9. The molecule has 27 heavy (non-hydrogen) atoms. The van der Waals surface area contributed by atoms with Crippen molar-refractivity contribution in [1.82, 2.24) is 4.68 Å². The van der Waals surface area contributed by atoms with Crippen molar-refractivity contribution < 1.29 is 4.79 Å². The van der Waals surface area contributed by atoms with E-state index in [1.54, 1.807) is 0 Å². The minimum atomic E-state index is -0.126. The lowest BCUT2D eigenvalue weighted by molar-refractivity contribution is 0.101. The van der Waals surface area contributed by atoms with E-state index in [1.165, 1.54) is 0 Å². The highest BCUT2D eigenvalue weighted by Crippen LogP contribution is 2.28. The summed E-state index contributed by atoms with van der Waals surface area (Å²) in [4.78, 5) is 13.0. The van der Waals surface area contributed by atoms with Gasteiger partial charge in [0, 0.05) is 16.7 Å². The molecule has 0 saturated heterocycles. The Kier molecular flexibility index (Phi) is 4.58. The summed E-state index contributed by atoms with van der Waals surface area (Å²) < 4.78 is 1.87. The molecule has 1 aromatic heterocycles. The van der Waals surface area contributed by atoms with Gasteiger partial charge < -0.3 is 0 Å². The quantitative estimate of drug-likeness (QED) is 0.516. The van der Waals surface area contributed by atoms with Crippen LogP contribution < -0.4 is 5.43 Å². The number of aryl methyl sites for hydroxylation is 1. The summed E-state index contributed by atoms with van der Waals surface area (Å²) >= 11 is 0. The van der Waals surface area contributed by atoms with Gasteiger partial charge in [-0.1, -0.05) is 78.9 Å². The zero-order chi connectivity index (χ0) is 18.6. The van der Waals surface area contributed by atoms with Gasteiger partial charge in [0.2, 0.25) is 0 Å². The molecule has 4 rings (SSSR count). The van der Waals surface area contributed by atoms with Gasteiger partial charge in [-0.2, -0.15) is 0 Å². The summed E-state index contributed by atoms with van der Waals surface area (Å²) in [6.07, 6.45) is 0. The molecule has 1 N–H and O–H groups in total. The highest BCUT2D eigenvalue weighted by molar-refractivity contribution is 6.01. The van der Waals surface area contributed by atoms with E-state index < -0.39 is 0 Å². The maximum atomic E-state index is 13.0. The molecule has 0 spiro atoms. The van der Waals surface area contributed by atoms with Crippen LogP contribution in [0.4, 0.5) is 0 Å². The summed E-state index contributed by atoms with van der Waals surface area (Å²) in [6, 6.07) is 31.8. The molecule has 0 fully saturated rings. The van der Waals surface area contributed by atoms with Gasteiger partial charge in [-0.15, -0.1) is 0 Å². The second-order valence-electron chi connectivity index (χ2n) is 6.43. The number of benzene rings is 3. The topological polar surface area (TPSA) is 34.0 Å². The van der Waals surface area contributed by atoms with Gasteiger partial charge in [0.05, 0.1) is 11.4 Å². The largest absolute Gasteiger partial charge is 0.270 e. The number of nitrogens with one attached hydrogen (secondary N) is 1. The number of carbonyl (C=O) groups excluding carboxylic acids is 1. The van der Waals surface area contributed by atoms with Crippen molar-refractivity contribution in [3.63, 3.8) is 0 Å². The molecule has 0 aliphatic rings. The first-order chi connectivity index (χ1) is 13.2. The van der Waals surface area contributed by atoms with Gasteiger partial charge in [-0.05, 0) is 30.7 Å². The Morgan fingerprint density at radius 1 is 0.667 bits per heavy atom. The van der Waals surface area contributed by atoms with E-state index in [0.717, 1.165) is 28.1 Å². The number of amides is 1. The highest BCUT2D eigenvalue weighted by atomic mass is 16.2. The molecule has 1 amide bonds. The van der Waals surface area contributed by atoms with Crippen molar-refractivity contribution in [3.05, 3.63) is 108 Å². The molecule has 3 aromatic carbocycles. The third-order valence-electron chi connectivity index (χ3n) is 4.62. The van der Waals surface area contributed by atoms with E-state index in [9.17, 15) is 4.79 Å². The lowest BCUT2D eigenvalue weighted by Gasteiger charge is -2.16. The maximum Gasteiger partial charge on any atom is 0.270 e. The fourth-order valence-electron chi connectivity index (χ4n) is 3.22. The molecule has 1 heterocycles. The monoisotopic (exact) mass is 352 g/mol. The Hall–Kier alpha value is -3.59. The van der Waals surface area contributed by atoms with Crippen LogP contribution in [0.3, 0.4) is 0 Å². The van der Waals surface area contributed by atoms with Gasteiger partial charge in [-0.3, -0.25) is 14.9 Å². The predicted octanol–water partition coefficient (Wildman–Crippen LogP) is 5.51. The predicted molar refractivity (Wildman–Crippen MR) is 110 cm³/mol. The third kappa shape index (κ3) is 3.40. The molecular weight excluding hydrogens is 332 g/mol. The number of rotatable bonds is 4. The zero-order valence-corrected chi connectivity index (χ0v) is 15.1. The van der Waals surface area contributed by atoms with Crippen LogP contribution in [0, 0.1) is 6.92 Å². The van der Waals surface area contributed by atoms with Crippen LogP contribution in [-0.2, 0) is 0 Å². The first-order valence-corrected chi connectivity index (χ1v) is 8.93. The molecule has 0 bridgehead atoms. The Balaban J connectivity index is 1.81. The van der Waals surface area contributed by atoms with Crippen LogP contribution in [0.25, 0.3) is 22.5 Å². The minimum absolute atomic E-state index is 0.126. The first-order valence-electron chi connectivity index (χ1n) is 8.93. The van der Waals surface area contributed by atoms with Crippen LogP contribution in [0.2, 0.25) is 0 Å². The molecule has 0 aliphatic heterocycles. The Morgan fingerprint density at radius 2 is 1.15 bits per heavy atom. The summed E-state index contributed by atoms with van der Waals surface area (Å²) in [5.41, 5.74) is 8.68. The number of carbonyl (C=O) groups is 1. The summed E-state index contributed by atoms with van der Waals surface area (Å²) in [7, 11) is 0. The fraction of sp³-hybridized carbons (Fsp3) is 0.0417. The second kappa shape index (κ2) is 7.34. The molecular formula is C24H20N2O. The van der Waals surface area contributed by atoms with Crippen molar-refractivity contribution in [2.24, 2.45) is 0 Å². The van der Waals surface area contributed by atoms with E-state index in [1.807, 2.05) is 109 Å². The van der Waals surface area contributed by atoms with Crippen LogP contribution in [0.15, 0.2) is 97.1 Å². The summed E-state index contributed by atoms with van der Waals surface area (Å²) in [5, 5.41) is 0. The maximum absolute atomic E-state index is 13.0. The molecule has 0 aliphatic carbocycles. The number of nitrogens with zero attached hydrogens (tertiary/aromatic N) is 1. The lowest BCUT2D eigenvalue weighted by Crippen LogP contribution is -2.24. The lowest BCUT2D eigenvalue weighted by atomic mass is 10.1. The van der Waals surface area contributed by atoms with E-state index >= 15 is 0 Å². The van der Waals surface area contributed by atoms with E-state index in [0.29, 0.717) is 5.56 Å². The van der Waals surface area contributed by atoms with Crippen LogP contribution in [-0.4, -0.2) is 10.6 Å². The van der Waals surface area contributed by atoms with Crippen molar-refractivity contribution in [2.45, 2.75) is 6.92 Å². The van der Waals surface area contributed by atoms with Gasteiger partial charge in [0.1, 0.15) is 0 Å². The summed E-state index contributed by atoms with van der Waals surface area (Å²) in [5.74, 6) is -0.126. The molecule has 0 unspecified atom stereocenters. The van der Waals surface area contributed by atoms with Gasteiger partial charge in [-0.25, -0.2) is 0 Å². The van der Waals surface area contributed by atoms with E-state index in [2.05, 4.69) is 5.43 Å². The van der Waals surface area contributed by atoms with Gasteiger partial charge >= 0.3 is 0 Å². The Bertz CT molecular complexity index is 1010. The summed E-state index contributed by atoms with van der Waals surface area (Å²) in [6.45, 7) is 1.95. The highest BCUT2D eigenvalue weighted by Gasteiger charge is 2.15. The Morgan fingerprint density at radius 3 is 1.67 bits per heavy atom. The average Bonchev–Trinajstić information content (AvgIpc) is 3.13. The van der Waals surface area contributed by atoms with Crippen molar-refractivity contribution in [2.75, 3.05) is 5.43 Å². The van der Waals surface area contributed by atoms with Gasteiger partial charge in [0.25, 0.3) is 5.91 Å². The third-order valence-corrected chi connectivity index (χ3v) is 4.62. The molecule has 3 nitrogen and oxygen atoms in total. The molecule has 132 valence electrons. The molecule has 0 saturated carbocycles. The fourth-order valence-corrected chi connectivity index (χ4v) is 3.22. The van der Waals surface area contributed by atoms with Crippen LogP contribution in [0.1, 0.15) is 15.9 Å². The second-order valence-corrected chi connectivity index (χ2v) is 6.43. The minimum Gasteiger partial charge on any atom is -0.267 e. The van der Waals surface area contributed by atoms with E-state index in [4.69, 9.17) is 0 Å². The SMILES string of the molecule is Cc1ccccc1C(=O)Nn1c(-c2ccccc2)ccc1-c1ccccc1. The number of aromatic nitrogens is 1. The molecule has 0 radical (unpaired) electrons. The zero-order valence-electron chi connectivity index (χ0n) is 15.1.